The molecule has 3 rings (SSSR count). The number of carbonyl (C=O) groups is 2. The van der Waals surface area contributed by atoms with Crippen molar-refractivity contribution >= 4 is 17.5 Å². The van der Waals surface area contributed by atoms with E-state index in [1.54, 1.807) is 18.1 Å². The molecule has 1 atom stereocenters. The number of carbonyl (C=O) groups excluding carboxylic acids is 2. The number of amides is 1. The van der Waals surface area contributed by atoms with Crippen LogP contribution in [0.1, 0.15) is 51.0 Å². The second-order valence-corrected chi connectivity index (χ2v) is 6.55. The van der Waals surface area contributed by atoms with E-state index < -0.39 is 5.41 Å². The Morgan fingerprint density at radius 1 is 1.38 bits per heavy atom. The number of hydrogen-bond acceptors (Lipinski definition) is 3. The second kappa shape index (κ2) is 5.24. The van der Waals surface area contributed by atoms with E-state index in [1.165, 1.54) is 6.42 Å². The highest BCUT2D eigenvalue weighted by Gasteiger charge is 2.48. The molecular weight excluding hydrogens is 264 g/mol. The zero-order valence-electron chi connectivity index (χ0n) is 12.8. The molecule has 0 aromatic carbocycles. The summed E-state index contributed by atoms with van der Waals surface area (Å²) in [6, 6.07) is 3.77. The minimum absolute atomic E-state index is 0.0136. The molecule has 21 heavy (non-hydrogen) atoms. The summed E-state index contributed by atoms with van der Waals surface area (Å²) in [7, 11) is 1.74. The molecule has 1 aromatic rings. The number of hydrogen-bond donors (Lipinski definition) is 0. The van der Waals surface area contributed by atoms with Gasteiger partial charge in [0.05, 0.1) is 5.41 Å². The van der Waals surface area contributed by atoms with Gasteiger partial charge in [-0.15, -0.1) is 0 Å². The Kier molecular flexibility index (Phi) is 3.56. The predicted octanol–water partition coefficient (Wildman–Crippen LogP) is 2.86. The number of fused-ring (bicyclic) bond motifs is 1. The van der Waals surface area contributed by atoms with Crippen molar-refractivity contribution in [3.05, 3.63) is 23.9 Å². The quantitative estimate of drug-likeness (QED) is 0.858. The summed E-state index contributed by atoms with van der Waals surface area (Å²) in [5, 5.41) is 0. The third-order valence-corrected chi connectivity index (χ3v) is 5.06. The first kappa shape index (κ1) is 14.2. The Balaban J connectivity index is 1.86. The maximum atomic E-state index is 12.6. The molecule has 0 radical (unpaired) electrons. The highest BCUT2D eigenvalue weighted by atomic mass is 16.2. The number of nitrogens with zero attached hydrogens (tertiary/aromatic N) is 2. The van der Waals surface area contributed by atoms with Gasteiger partial charge in [0.1, 0.15) is 11.6 Å². The summed E-state index contributed by atoms with van der Waals surface area (Å²) < 4.78 is 0. The van der Waals surface area contributed by atoms with Gasteiger partial charge in [-0.2, -0.15) is 0 Å². The van der Waals surface area contributed by atoms with E-state index in [1.807, 2.05) is 19.1 Å². The molecule has 1 saturated carbocycles. The molecule has 1 aromatic heterocycles. The molecule has 2 heterocycles. The van der Waals surface area contributed by atoms with Crippen LogP contribution in [0.4, 0.5) is 5.82 Å². The Morgan fingerprint density at radius 2 is 2.10 bits per heavy atom. The van der Waals surface area contributed by atoms with Crippen molar-refractivity contribution in [2.75, 3.05) is 11.9 Å². The average molecular weight is 286 g/mol. The van der Waals surface area contributed by atoms with Gasteiger partial charge >= 0.3 is 0 Å². The number of pyridine rings is 1. The van der Waals surface area contributed by atoms with Gasteiger partial charge in [-0.05, 0) is 25.8 Å². The van der Waals surface area contributed by atoms with Gasteiger partial charge in [0.15, 0.2) is 0 Å². The van der Waals surface area contributed by atoms with Gasteiger partial charge in [-0.3, -0.25) is 14.5 Å². The van der Waals surface area contributed by atoms with Crippen molar-refractivity contribution in [1.82, 2.24) is 4.98 Å². The Labute approximate surface area is 125 Å². The molecular formula is C17H22N2O2. The zero-order chi connectivity index (χ0) is 15.0. The minimum atomic E-state index is -0.743. The average Bonchev–Trinajstić information content (AvgIpc) is 2.71. The predicted molar refractivity (Wildman–Crippen MR) is 81.2 cm³/mol. The summed E-state index contributed by atoms with van der Waals surface area (Å²) in [5.41, 5.74) is 0.147. The third kappa shape index (κ3) is 2.27. The maximum absolute atomic E-state index is 12.6. The number of Topliss-reactive ketones (excluding diaryl/α,β-unsaturated/α-hetero) is 1. The molecule has 1 aliphatic carbocycles. The van der Waals surface area contributed by atoms with Crippen LogP contribution in [-0.2, 0) is 15.0 Å². The highest BCUT2D eigenvalue weighted by molar-refractivity contribution is 6.08. The molecule has 0 spiro atoms. The first-order valence-corrected chi connectivity index (χ1v) is 7.80. The Hall–Kier alpha value is -1.71. The Bertz CT molecular complexity index is 578. The van der Waals surface area contributed by atoms with Crippen molar-refractivity contribution in [2.24, 2.45) is 5.92 Å². The number of anilines is 1. The fourth-order valence-corrected chi connectivity index (χ4v) is 3.76. The lowest BCUT2D eigenvalue weighted by atomic mass is 9.75. The highest BCUT2D eigenvalue weighted by Crippen LogP contribution is 2.43. The van der Waals surface area contributed by atoms with Crippen molar-refractivity contribution in [3.8, 4) is 0 Å². The fraction of sp³-hybridized carbons (Fsp3) is 0.588. The smallest absolute Gasteiger partial charge is 0.238 e. The van der Waals surface area contributed by atoms with Gasteiger partial charge in [0.25, 0.3) is 0 Å². The van der Waals surface area contributed by atoms with Gasteiger partial charge in [-0.25, -0.2) is 4.98 Å². The number of ketones is 1. The molecule has 1 aliphatic heterocycles. The van der Waals surface area contributed by atoms with E-state index in [9.17, 15) is 9.59 Å². The first-order chi connectivity index (χ1) is 10.0. The third-order valence-electron chi connectivity index (χ3n) is 5.06. The zero-order valence-corrected chi connectivity index (χ0v) is 12.8. The van der Waals surface area contributed by atoms with Gasteiger partial charge in [0.2, 0.25) is 5.91 Å². The summed E-state index contributed by atoms with van der Waals surface area (Å²) in [6.07, 6.45) is 7.47. The lowest BCUT2D eigenvalue weighted by Gasteiger charge is -2.26. The number of rotatable bonds is 3. The van der Waals surface area contributed by atoms with Crippen molar-refractivity contribution < 1.29 is 9.59 Å². The van der Waals surface area contributed by atoms with E-state index in [0.717, 1.165) is 31.2 Å². The van der Waals surface area contributed by atoms with E-state index >= 15 is 0 Å². The van der Waals surface area contributed by atoms with Crippen LogP contribution in [0.2, 0.25) is 0 Å². The summed E-state index contributed by atoms with van der Waals surface area (Å²) >= 11 is 0. The van der Waals surface area contributed by atoms with Crippen LogP contribution in [0.25, 0.3) is 0 Å². The standard InChI is InChI=1S/C17H22N2O2/c1-17(11-14(20)12-7-4-3-5-8-12)13-9-6-10-18-15(13)19(2)16(17)21/h6,9-10,12H,3-5,7-8,11H2,1-2H3. The lowest BCUT2D eigenvalue weighted by Crippen LogP contribution is -2.39. The van der Waals surface area contributed by atoms with E-state index in [4.69, 9.17) is 0 Å². The van der Waals surface area contributed by atoms with Crippen molar-refractivity contribution in [3.63, 3.8) is 0 Å². The lowest BCUT2D eigenvalue weighted by molar-refractivity contribution is -0.130. The van der Waals surface area contributed by atoms with Crippen molar-refractivity contribution in [1.29, 1.82) is 0 Å². The summed E-state index contributed by atoms with van der Waals surface area (Å²) in [4.78, 5) is 31.2. The molecule has 0 N–H and O–H groups in total. The van der Waals surface area contributed by atoms with E-state index in [-0.39, 0.29) is 17.6 Å². The molecule has 4 nitrogen and oxygen atoms in total. The van der Waals surface area contributed by atoms with Gasteiger partial charge in [0, 0.05) is 31.1 Å². The monoisotopic (exact) mass is 286 g/mol. The molecule has 1 fully saturated rings. The molecule has 1 amide bonds. The molecule has 0 saturated heterocycles. The minimum Gasteiger partial charge on any atom is -0.299 e. The maximum Gasteiger partial charge on any atom is 0.238 e. The topological polar surface area (TPSA) is 50.3 Å². The molecule has 0 bridgehead atoms. The number of aromatic nitrogens is 1. The van der Waals surface area contributed by atoms with Crippen LogP contribution in [0.15, 0.2) is 18.3 Å². The first-order valence-electron chi connectivity index (χ1n) is 7.80. The molecule has 4 heteroatoms. The van der Waals surface area contributed by atoms with Gasteiger partial charge < -0.3 is 0 Å². The van der Waals surface area contributed by atoms with Crippen LogP contribution in [0.3, 0.4) is 0 Å². The van der Waals surface area contributed by atoms with Crippen LogP contribution in [0, 0.1) is 5.92 Å². The van der Waals surface area contributed by atoms with Crippen LogP contribution >= 0.6 is 0 Å². The van der Waals surface area contributed by atoms with Gasteiger partial charge in [-0.1, -0.05) is 25.3 Å². The number of likely N-dealkylation sites (N-methyl/N-ethyl adjacent to an activating group) is 1. The largest absolute Gasteiger partial charge is 0.299 e. The molecule has 112 valence electrons. The fourth-order valence-electron chi connectivity index (χ4n) is 3.76. The summed E-state index contributed by atoms with van der Waals surface area (Å²) in [6.45, 7) is 1.89. The van der Waals surface area contributed by atoms with Crippen molar-refractivity contribution in [2.45, 2.75) is 50.9 Å². The second-order valence-electron chi connectivity index (χ2n) is 6.55. The van der Waals surface area contributed by atoms with Crippen LogP contribution in [-0.4, -0.2) is 23.7 Å². The summed E-state index contributed by atoms with van der Waals surface area (Å²) in [5.74, 6) is 1.08. The van der Waals surface area contributed by atoms with E-state index in [2.05, 4.69) is 4.98 Å². The van der Waals surface area contributed by atoms with E-state index in [0.29, 0.717) is 12.2 Å². The molecule has 2 aliphatic rings. The van der Waals surface area contributed by atoms with Crippen LogP contribution < -0.4 is 4.90 Å². The van der Waals surface area contributed by atoms with Crippen LogP contribution in [0.5, 0.6) is 0 Å². The Morgan fingerprint density at radius 3 is 2.81 bits per heavy atom. The SMILES string of the molecule is CN1C(=O)C(C)(CC(=O)C2CCCCC2)c2cccnc21. The normalized spacial score (nSPS) is 26.0. The molecule has 1 unspecified atom stereocenters.